The molecule has 0 spiro atoms. The maximum atomic E-state index is 10.2. The van der Waals surface area contributed by atoms with Gasteiger partial charge in [-0.3, -0.25) is 0 Å². The predicted molar refractivity (Wildman–Crippen MR) is 41.6 cm³/mol. The third-order valence-corrected chi connectivity index (χ3v) is 1.25. The lowest BCUT2D eigenvalue weighted by atomic mass is 10.4. The van der Waals surface area contributed by atoms with Gasteiger partial charge in [0.15, 0.2) is 6.10 Å². The lowest BCUT2D eigenvalue weighted by molar-refractivity contribution is -0.149. The molecular weight excluding hydrogens is 146 g/mol. The number of likely N-dealkylation sites (N-methyl/N-ethyl adjacent to an activating group) is 1. The van der Waals surface area contributed by atoms with E-state index in [1.165, 1.54) is 6.92 Å². The van der Waals surface area contributed by atoms with Gasteiger partial charge in [-0.15, -0.1) is 0 Å². The third-order valence-electron chi connectivity index (χ3n) is 1.25. The van der Waals surface area contributed by atoms with Crippen molar-refractivity contribution >= 4 is 5.97 Å². The Labute approximate surface area is 66.8 Å². The molecule has 0 aliphatic heterocycles. The summed E-state index contributed by atoms with van der Waals surface area (Å²) in [5, 5.41) is 8.41. The second-order valence-electron chi connectivity index (χ2n) is 2.65. The second kappa shape index (κ2) is 5.09. The first-order valence-electron chi connectivity index (χ1n) is 3.53. The summed E-state index contributed by atoms with van der Waals surface area (Å²) >= 11 is 0. The molecule has 0 rings (SSSR count). The van der Waals surface area contributed by atoms with Crippen molar-refractivity contribution < 1.29 is 14.6 Å². The largest absolute Gasteiger partial charge is 0.479 e. The minimum absolute atomic E-state index is 0.459. The zero-order valence-corrected chi connectivity index (χ0v) is 7.20. The van der Waals surface area contributed by atoms with Crippen LogP contribution in [-0.2, 0) is 9.53 Å². The fraction of sp³-hybridized carbons (Fsp3) is 0.857. The van der Waals surface area contributed by atoms with Crippen molar-refractivity contribution in [2.24, 2.45) is 0 Å². The number of aliphatic carboxylic acids is 1. The van der Waals surface area contributed by atoms with Crippen LogP contribution in [0.3, 0.4) is 0 Å². The molecule has 4 nitrogen and oxygen atoms in total. The third kappa shape index (κ3) is 5.82. The molecule has 0 saturated carbocycles. The van der Waals surface area contributed by atoms with Gasteiger partial charge in [-0.2, -0.15) is 0 Å². The number of nitrogens with zero attached hydrogens (tertiary/aromatic N) is 1. The highest BCUT2D eigenvalue weighted by molar-refractivity contribution is 5.71. The van der Waals surface area contributed by atoms with Crippen molar-refractivity contribution in [2.45, 2.75) is 13.0 Å². The van der Waals surface area contributed by atoms with Crippen molar-refractivity contribution in [1.82, 2.24) is 4.90 Å². The van der Waals surface area contributed by atoms with E-state index in [1.807, 2.05) is 19.0 Å². The SMILES string of the molecule is C[C@@H](OCCN(C)C)C(=O)O. The Morgan fingerprint density at radius 1 is 1.64 bits per heavy atom. The molecule has 1 N–H and O–H groups in total. The number of rotatable bonds is 5. The zero-order valence-electron chi connectivity index (χ0n) is 7.20. The Hall–Kier alpha value is -0.610. The van der Waals surface area contributed by atoms with E-state index in [-0.39, 0.29) is 0 Å². The normalized spacial score (nSPS) is 13.5. The van der Waals surface area contributed by atoms with Crippen molar-refractivity contribution in [3.05, 3.63) is 0 Å². The molecule has 66 valence electrons. The average Bonchev–Trinajstić information content (AvgIpc) is 1.86. The van der Waals surface area contributed by atoms with Crippen molar-refractivity contribution in [3.63, 3.8) is 0 Å². The molecule has 4 heteroatoms. The molecule has 11 heavy (non-hydrogen) atoms. The summed E-state index contributed by atoms with van der Waals surface area (Å²) in [5.41, 5.74) is 0. The molecule has 0 aliphatic rings. The zero-order chi connectivity index (χ0) is 8.85. The Morgan fingerprint density at radius 2 is 2.18 bits per heavy atom. The molecule has 0 aromatic rings. The average molecular weight is 161 g/mol. The van der Waals surface area contributed by atoms with Gasteiger partial charge in [-0.05, 0) is 21.0 Å². The Kier molecular flexibility index (Phi) is 4.81. The monoisotopic (exact) mass is 161 g/mol. The molecule has 0 fully saturated rings. The molecule has 0 heterocycles. The van der Waals surface area contributed by atoms with E-state index in [9.17, 15) is 4.79 Å². The maximum Gasteiger partial charge on any atom is 0.332 e. The van der Waals surface area contributed by atoms with Crippen molar-refractivity contribution in [3.8, 4) is 0 Å². The molecule has 1 atom stereocenters. The first kappa shape index (κ1) is 10.4. The van der Waals surface area contributed by atoms with Gasteiger partial charge in [0.05, 0.1) is 6.61 Å². The number of carboxylic acids is 1. The van der Waals surface area contributed by atoms with Crippen LogP contribution in [0.25, 0.3) is 0 Å². The quantitative estimate of drug-likeness (QED) is 0.618. The summed E-state index contributed by atoms with van der Waals surface area (Å²) in [7, 11) is 3.82. The first-order chi connectivity index (χ1) is 5.04. The Balaban J connectivity index is 3.31. The van der Waals surface area contributed by atoms with Crippen molar-refractivity contribution in [1.29, 1.82) is 0 Å². The van der Waals surface area contributed by atoms with Crippen LogP contribution in [0.15, 0.2) is 0 Å². The van der Waals surface area contributed by atoms with Crippen LogP contribution < -0.4 is 0 Å². The van der Waals surface area contributed by atoms with Gasteiger partial charge in [0.25, 0.3) is 0 Å². The fourth-order valence-corrected chi connectivity index (χ4v) is 0.483. The number of carbonyl (C=O) groups is 1. The van der Waals surface area contributed by atoms with E-state index in [4.69, 9.17) is 9.84 Å². The molecule has 0 aliphatic carbocycles. The highest BCUT2D eigenvalue weighted by atomic mass is 16.5. The number of ether oxygens (including phenoxy) is 1. The molecule has 0 aromatic heterocycles. The van der Waals surface area contributed by atoms with Crippen LogP contribution in [0.2, 0.25) is 0 Å². The highest BCUT2D eigenvalue weighted by Gasteiger charge is 2.09. The summed E-state index contributed by atoms with van der Waals surface area (Å²) < 4.78 is 4.97. The lowest BCUT2D eigenvalue weighted by Crippen LogP contribution is -2.25. The smallest absolute Gasteiger partial charge is 0.332 e. The van der Waals surface area contributed by atoms with Crippen LogP contribution in [0, 0.1) is 0 Å². The molecule has 0 bridgehead atoms. The summed E-state index contributed by atoms with van der Waals surface area (Å²) in [6.07, 6.45) is -0.699. The first-order valence-corrected chi connectivity index (χ1v) is 3.53. The molecule has 0 saturated heterocycles. The number of hydrogen-bond donors (Lipinski definition) is 1. The minimum atomic E-state index is -0.913. The van der Waals surface area contributed by atoms with Gasteiger partial charge in [0.2, 0.25) is 0 Å². The van der Waals surface area contributed by atoms with Gasteiger partial charge < -0.3 is 14.7 Å². The summed E-state index contributed by atoms with van der Waals surface area (Å²) in [5.74, 6) is -0.913. The molecule has 0 aromatic carbocycles. The Morgan fingerprint density at radius 3 is 2.55 bits per heavy atom. The van der Waals surface area contributed by atoms with Crippen LogP contribution in [0.4, 0.5) is 0 Å². The van der Waals surface area contributed by atoms with E-state index in [0.29, 0.717) is 6.61 Å². The predicted octanol–water partition coefficient (Wildman–Crippen LogP) is 0.0377. The van der Waals surface area contributed by atoms with Crippen LogP contribution >= 0.6 is 0 Å². The van der Waals surface area contributed by atoms with E-state index >= 15 is 0 Å². The molecule has 0 radical (unpaired) electrons. The highest BCUT2D eigenvalue weighted by Crippen LogP contribution is 1.89. The number of carboxylic acid groups (broad SMARTS) is 1. The number of hydrogen-bond acceptors (Lipinski definition) is 3. The Bertz CT molecular complexity index is 125. The van der Waals surface area contributed by atoms with E-state index in [0.717, 1.165) is 6.54 Å². The topological polar surface area (TPSA) is 49.8 Å². The minimum Gasteiger partial charge on any atom is -0.479 e. The van der Waals surface area contributed by atoms with Crippen LogP contribution in [0.1, 0.15) is 6.92 Å². The van der Waals surface area contributed by atoms with Gasteiger partial charge in [-0.25, -0.2) is 4.79 Å². The van der Waals surface area contributed by atoms with E-state index < -0.39 is 12.1 Å². The molecule has 0 amide bonds. The maximum absolute atomic E-state index is 10.2. The van der Waals surface area contributed by atoms with Gasteiger partial charge >= 0.3 is 5.97 Å². The summed E-state index contributed by atoms with van der Waals surface area (Å²) in [6, 6.07) is 0. The standard InChI is InChI=1S/C7H15NO3/c1-6(7(9)10)11-5-4-8(2)3/h6H,4-5H2,1-3H3,(H,9,10)/t6-/m1/s1. The van der Waals surface area contributed by atoms with E-state index in [2.05, 4.69) is 0 Å². The fourth-order valence-electron chi connectivity index (χ4n) is 0.483. The van der Waals surface area contributed by atoms with Gasteiger partial charge in [0.1, 0.15) is 0 Å². The van der Waals surface area contributed by atoms with Gasteiger partial charge in [-0.1, -0.05) is 0 Å². The van der Waals surface area contributed by atoms with Crippen LogP contribution in [0.5, 0.6) is 0 Å². The summed E-state index contributed by atoms with van der Waals surface area (Å²) in [4.78, 5) is 12.2. The molecular formula is C7H15NO3. The van der Waals surface area contributed by atoms with Crippen molar-refractivity contribution in [2.75, 3.05) is 27.2 Å². The second-order valence-corrected chi connectivity index (χ2v) is 2.65. The van der Waals surface area contributed by atoms with E-state index in [1.54, 1.807) is 0 Å². The van der Waals surface area contributed by atoms with Crippen LogP contribution in [-0.4, -0.2) is 49.3 Å². The van der Waals surface area contributed by atoms with Gasteiger partial charge in [0, 0.05) is 6.54 Å². The molecule has 0 unspecified atom stereocenters. The lowest BCUT2D eigenvalue weighted by Gasteiger charge is -2.11. The summed E-state index contributed by atoms with van der Waals surface area (Å²) in [6.45, 7) is 2.73.